The summed E-state index contributed by atoms with van der Waals surface area (Å²) in [6.45, 7) is 0.0112. The van der Waals surface area contributed by atoms with E-state index in [4.69, 9.17) is 21.3 Å². The number of aliphatic hydroxyl groups excluding tert-OH is 1. The number of hydrogen-bond donors (Lipinski definition) is 3. The van der Waals surface area contributed by atoms with Gasteiger partial charge in [-0.05, 0) is 30.5 Å². The number of carbonyl (C=O) groups is 1. The summed E-state index contributed by atoms with van der Waals surface area (Å²) in [5.74, 6) is 0.246. The van der Waals surface area contributed by atoms with Gasteiger partial charge < -0.3 is 21.3 Å². The van der Waals surface area contributed by atoms with Gasteiger partial charge in [-0.25, -0.2) is 0 Å². The van der Waals surface area contributed by atoms with Crippen molar-refractivity contribution in [3.8, 4) is 5.75 Å². The van der Waals surface area contributed by atoms with Crippen molar-refractivity contribution in [3.63, 3.8) is 0 Å². The number of ether oxygens (including phenoxy) is 1. The summed E-state index contributed by atoms with van der Waals surface area (Å²) >= 11 is 0. The second-order valence-corrected chi connectivity index (χ2v) is 4.81. The highest BCUT2D eigenvalue weighted by Gasteiger charge is 2.41. The molecule has 2 unspecified atom stereocenters. The lowest BCUT2D eigenvalue weighted by atomic mass is 9.99. The highest BCUT2D eigenvalue weighted by Crippen LogP contribution is 2.30. The van der Waals surface area contributed by atoms with E-state index in [2.05, 4.69) is 0 Å². The molecule has 1 fully saturated rings. The molecule has 0 radical (unpaired) electrons. The molecule has 5 N–H and O–H groups in total. The summed E-state index contributed by atoms with van der Waals surface area (Å²) in [7, 11) is 0. The minimum atomic E-state index is -0.935. The number of benzene rings is 1. The van der Waals surface area contributed by atoms with E-state index in [1.165, 1.54) is 0 Å². The average Bonchev–Trinajstić information content (AvgIpc) is 2.73. The van der Waals surface area contributed by atoms with Gasteiger partial charge in [0.15, 0.2) is 0 Å². The molecular weight excluding hydrogens is 232 g/mol. The largest absolute Gasteiger partial charge is 0.490 e. The molecule has 1 aromatic carbocycles. The summed E-state index contributed by atoms with van der Waals surface area (Å²) in [6, 6.07) is 7.20. The van der Waals surface area contributed by atoms with Gasteiger partial charge in [0.05, 0.1) is 12.1 Å². The summed E-state index contributed by atoms with van der Waals surface area (Å²) < 4.78 is 5.75. The Kier molecular flexibility index (Phi) is 3.54. The first-order valence-electron chi connectivity index (χ1n) is 5.99. The van der Waals surface area contributed by atoms with Crippen molar-refractivity contribution in [2.45, 2.75) is 37.5 Å². The highest BCUT2D eigenvalue weighted by atomic mass is 16.5. The number of rotatable bonds is 4. The SMILES string of the molecule is NC(=O)C1(N)CCC(Oc2ccc(CO)cc2)C1. The summed E-state index contributed by atoms with van der Waals surface area (Å²) in [5, 5.41) is 8.93. The van der Waals surface area contributed by atoms with Crippen molar-refractivity contribution in [1.82, 2.24) is 0 Å². The van der Waals surface area contributed by atoms with Crippen molar-refractivity contribution >= 4 is 5.91 Å². The fourth-order valence-electron chi connectivity index (χ4n) is 2.22. The summed E-state index contributed by atoms with van der Waals surface area (Å²) in [4.78, 5) is 11.2. The van der Waals surface area contributed by atoms with Crippen LogP contribution in [-0.2, 0) is 11.4 Å². The summed E-state index contributed by atoms with van der Waals surface area (Å²) in [5.41, 5.74) is 11.1. The molecule has 18 heavy (non-hydrogen) atoms. The predicted octanol–water partition coefficient (Wildman–Crippen LogP) is 0.293. The lowest BCUT2D eigenvalue weighted by molar-refractivity contribution is -0.123. The number of nitrogens with two attached hydrogens (primary N) is 2. The molecular formula is C13H18N2O3. The maximum Gasteiger partial charge on any atom is 0.237 e. The zero-order valence-electron chi connectivity index (χ0n) is 10.1. The van der Waals surface area contributed by atoms with Crippen LogP contribution in [0.3, 0.4) is 0 Å². The minimum absolute atomic E-state index is 0.0112. The van der Waals surface area contributed by atoms with Crippen LogP contribution in [0.25, 0.3) is 0 Å². The maximum atomic E-state index is 11.2. The Morgan fingerprint density at radius 1 is 1.44 bits per heavy atom. The lowest BCUT2D eigenvalue weighted by Crippen LogP contribution is -2.50. The topological polar surface area (TPSA) is 98.6 Å². The molecule has 1 aromatic rings. The highest BCUT2D eigenvalue weighted by molar-refractivity contribution is 5.84. The summed E-state index contributed by atoms with van der Waals surface area (Å²) in [6.07, 6.45) is 1.65. The quantitative estimate of drug-likeness (QED) is 0.715. The van der Waals surface area contributed by atoms with E-state index in [9.17, 15) is 4.79 Å². The van der Waals surface area contributed by atoms with Crippen LogP contribution in [0, 0.1) is 0 Å². The Hall–Kier alpha value is -1.59. The fourth-order valence-corrected chi connectivity index (χ4v) is 2.22. The number of primary amides is 1. The van der Waals surface area contributed by atoms with Crippen LogP contribution in [0.2, 0.25) is 0 Å². The molecule has 0 aromatic heterocycles. The van der Waals surface area contributed by atoms with E-state index in [1.54, 1.807) is 24.3 Å². The molecule has 1 aliphatic rings. The zero-order valence-corrected chi connectivity index (χ0v) is 10.1. The molecule has 5 nitrogen and oxygen atoms in total. The van der Waals surface area contributed by atoms with Crippen LogP contribution in [-0.4, -0.2) is 22.7 Å². The van der Waals surface area contributed by atoms with Gasteiger partial charge in [0.25, 0.3) is 0 Å². The van der Waals surface area contributed by atoms with Crippen LogP contribution in [0.4, 0.5) is 0 Å². The van der Waals surface area contributed by atoms with Gasteiger partial charge >= 0.3 is 0 Å². The number of amides is 1. The Bertz CT molecular complexity index is 432. The van der Waals surface area contributed by atoms with Gasteiger partial charge in [-0.15, -0.1) is 0 Å². The first kappa shape index (κ1) is 12.9. The Labute approximate surface area is 106 Å². The first-order valence-corrected chi connectivity index (χ1v) is 5.99. The second-order valence-electron chi connectivity index (χ2n) is 4.81. The smallest absolute Gasteiger partial charge is 0.237 e. The van der Waals surface area contributed by atoms with E-state index >= 15 is 0 Å². The molecule has 0 bridgehead atoms. The van der Waals surface area contributed by atoms with E-state index < -0.39 is 11.4 Å². The van der Waals surface area contributed by atoms with Crippen LogP contribution in [0.15, 0.2) is 24.3 Å². The number of aliphatic hydroxyl groups is 1. The fraction of sp³-hybridized carbons (Fsp3) is 0.462. The molecule has 98 valence electrons. The molecule has 0 spiro atoms. The van der Waals surface area contributed by atoms with Crippen molar-refractivity contribution in [2.24, 2.45) is 11.5 Å². The van der Waals surface area contributed by atoms with E-state index in [0.29, 0.717) is 18.6 Å². The number of hydrogen-bond acceptors (Lipinski definition) is 4. The monoisotopic (exact) mass is 250 g/mol. The van der Waals surface area contributed by atoms with Gasteiger partial charge in [0, 0.05) is 6.42 Å². The minimum Gasteiger partial charge on any atom is -0.490 e. The van der Waals surface area contributed by atoms with E-state index in [-0.39, 0.29) is 12.7 Å². The Morgan fingerprint density at radius 3 is 2.61 bits per heavy atom. The maximum absolute atomic E-state index is 11.2. The molecule has 1 saturated carbocycles. The molecule has 1 amide bonds. The van der Waals surface area contributed by atoms with E-state index in [0.717, 1.165) is 12.0 Å². The van der Waals surface area contributed by atoms with Crippen LogP contribution >= 0.6 is 0 Å². The zero-order chi connectivity index (χ0) is 13.2. The third-order valence-electron chi connectivity index (χ3n) is 3.40. The standard InChI is InChI=1S/C13H18N2O3/c14-12(17)13(15)6-5-11(7-13)18-10-3-1-9(8-16)2-4-10/h1-4,11,16H,5-8,15H2,(H2,14,17). The third kappa shape index (κ3) is 2.63. The van der Waals surface area contributed by atoms with Crippen molar-refractivity contribution in [2.75, 3.05) is 0 Å². The van der Waals surface area contributed by atoms with Gasteiger partial charge in [-0.3, -0.25) is 4.79 Å². The van der Waals surface area contributed by atoms with E-state index in [1.807, 2.05) is 0 Å². The predicted molar refractivity (Wildman–Crippen MR) is 66.7 cm³/mol. The van der Waals surface area contributed by atoms with Gasteiger partial charge in [0.2, 0.25) is 5.91 Å². The van der Waals surface area contributed by atoms with Gasteiger partial charge in [0.1, 0.15) is 11.9 Å². The first-order chi connectivity index (χ1) is 8.53. The van der Waals surface area contributed by atoms with Crippen LogP contribution in [0.1, 0.15) is 24.8 Å². The molecule has 0 aliphatic heterocycles. The van der Waals surface area contributed by atoms with Crippen LogP contribution < -0.4 is 16.2 Å². The molecule has 0 heterocycles. The van der Waals surface area contributed by atoms with Crippen LogP contribution in [0.5, 0.6) is 5.75 Å². The van der Waals surface area contributed by atoms with Gasteiger partial charge in [-0.2, -0.15) is 0 Å². The van der Waals surface area contributed by atoms with Crippen molar-refractivity contribution < 1.29 is 14.6 Å². The molecule has 2 atom stereocenters. The molecule has 2 rings (SSSR count). The third-order valence-corrected chi connectivity index (χ3v) is 3.40. The normalized spacial score (nSPS) is 27.1. The number of carbonyl (C=O) groups excluding carboxylic acids is 1. The Balaban J connectivity index is 1.97. The molecule has 0 saturated heterocycles. The lowest BCUT2D eigenvalue weighted by Gasteiger charge is -2.19. The van der Waals surface area contributed by atoms with Crippen molar-refractivity contribution in [1.29, 1.82) is 0 Å². The van der Waals surface area contributed by atoms with Crippen molar-refractivity contribution in [3.05, 3.63) is 29.8 Å². The molecule has 1 aliphatic carbocycles. The molecule has 5 heteroatoms. The average molecular weight is 250 g/mol. The van der Waals surface area contributed by atoms with Gasteiger partial charge in [-0.1, -0.05) is 12.1 Å². The Morgan fingerprint density at radius 2 is 2.11 bits per heavy atom. The second kappa shape index (κ2) is 4.96.